The first-order chi connectivity index (χ1) is 6.50. The van der Waals surface area contributed by atoms with Crippen molar-refractivity contribution in [3.8, 4) is 0 Å². The van der Waals surface area contributed by atoms with E-state index >= 15 is 0 Å². The maximum absolute atomic E-state index is 10.9. The van der Waals surface area contributed by atoms with E-state index in [1.54, 1.807) is 0 Å². The van der Waals surface area contributed by atoms with Crippen LogP contribution in [-0.4, -0.2) is 21.3 Å². The maximum Gasteiger partial charge on any atom is 0.317 e. The Kier molecular flexibility index (Phi) is 3.95. The molecule has 1 aromatic rings. The quantitative estimate of drug-likeness (QED) is 0.809. The molecule has 0 spiro atoms. The Morgan fingerprint density at radius 2 is 2.29 bits per heavy atom. The van der Waals surface area contributed by atoms with E-state index in [2.05, 4.69) is 4.98 Å². The van der Waals surface area contributed by atoms with Gasteiger partial charge in [-0.05, 0) is 12.8 Å². The summed E-state index contributed by atoms with van der Waals surface area (Å²) in [5, 5.41) is 10.5. The summed E-state index contributed by atoms with van der Waals surface area (Å²) in [6.45, 7) is 5.73. The van der Waals surface area contributed by atoms with Gasteiger partial charge in [0.25, 0.3) is 0 Å². The minimum absolute atomic E-state index is 0.113. The number of aryl methyl sites for hydroxylation is 1. The summed E-state index contributed by atoms with van der Waals surface area (Å²) in [4.78, 5) is 15.1. The van der Waals surface area contributed by atoms with E-state index in [4.69, 9.17) is 5.11 Å². The van der Waals surface area contributed by atoms with Crippen molar-refractivity contribution in [3.05, 3.63) is 11.1 Å². The van der Waals surface area contributed by atoms with E-state index < -0.39 is 11.2 Å². The molecule has 0 saturated heterocycles. The van der Waals surface area contributed by atoms with Gasteiger partial charge >= 0.3 is 5.97 Å². The first kappa shape index (κ1) is 11.5. The SMILES string of the molecule is Cc1csc(SC(C(=O)O)C(C)C)n1. The van der Waals surface area contributed by atoms with Gasteiger partial charge < -0.3 is 5.11 Å². The molecule has 0 radical (unpaired) electrons. The minimum atomic E-state index is -0.766. The van der Waals surface area contributed by atoms with Gasteiger partial charge in [0.05, 0.1) is 0 Å². The minimum Gasteiger partial charge on any atom is -0.480 e. The molecule has 0 aliphatic rings. The standard InChI is InChI=1S/C9H13NO2S2/c1-5(2)7(8(11)12)14-9-10-6(3)4-13-9/h4-5,7H,1-3H3,(H,11,12). The highest BCUT2D eigenvalue weighted by molar-refractivity contribution is 8.02. The van der Waals surface area contributed by atoms with Crippen molar-refractivity contribution >= 4 is 29.1 Å². The molecule has 0 bridgehead atoms. The smallest absolute Gasteiger partial charge is 0.317 e. The predicted molar refractivity (Wildman–Crippen MR) is 59.0 cm³/mol. The van der Waals surface area contributed by atoms with E-state index in [0.29, 0.717) is 0 Å². The zero-order chi connectivity index (χ0) is 10.7. The Bertz CT molecular complexity index is 322. The van der Waals surface area contributed by atoms with E-state index in [1.165, 1.54) is 23.1 Å². The topological polar surface area (TPSA) is 50.2 Å². The van der Waals surface area contributed by atoms with Crippen LogP contribution in [-0.2, 0) is 4.79 Å². The van der Waals surface area contributed by atoms with Crippen LogP contribution in [0.1, 0.15) is 19.5 Å². The Hall–Kier alpha value is -0.550. The average molecular weight is 231 g/mol. The fourth-order valence-electron chi connectivity index (χ4n) is 0.967. The average Bonchev–Trinajstić information content (AvgIpc) is 2.46. The summed E-state index contributed by atoms with van der Waals surface area (Å²) >= 11 is 2.83. The summed E-state index contributed by atoms with van der Waals surface area (Å²) in [5.74, 6) is -0.653. The summed E-state index contributed by atoms with van der Waals surface area (Å²) in [5.41, 5.74) is 0.949. The van der Waals surface area contributed by atoms with Crippen molar-refractivity contribution in [2.75, 3.05) is 0 Å². The number of aliphatic carboxylic acids is 1. The summed E-state index contributed by atoms with van der Waals surface area (Å²) in [6, 6.07) is 0. The monoisotopic (exact) mass is 231 g/mol. The lowest BCUT2D eigenvalue weighted by atomic mass is 10.1. The number of rotatable bonds is 4. The molecule has 1 unspecified atom stereocenters. The third kappa shape index (κ3) is 2.99. The zero-order valence-corrected chi connectivity index (χ0v) is 9.98. The second-order valence-corrected chi connectivity index (χ2v) is 5.62. The highest BCUT2D eigenvalue weighted by Gasteiger charge is 2.23. The molecule has 0 amide bonds. The normalized spacial score (nSPS) is 13.1. The second kappa shape index (κ2) is 4.79. The van der Waals surface area contributed by atoms with Crippen molar-refractivity contribution in [2.24, 2.45) is 5.92 Å². The number of nitrogens with zero attached hydrogens (tertiary/aromatic N) is 1. The van der Waals surface area contributed by atoms with Gasteiger partial charge in [-0.15, -0.1) is 11.3 Å². The fraction of sp³-hybridized carbons (Fsp3) is 0.556. The zero-order valence-electron chi connectivity index (χ0n) is 8.35. The van der Waals surface area contributed by atoms with E-state index in [-0.39, 0.29) is 5.92 Å². The molecule has 1 N–H and O–H groups in total. The number of thiazole rings is 1. The number of carboxylic acids is 1. The highest BCUT2D eigenvalue weighted by atomic mass is 32.2. The van der Waals surface area contributed by atoms with Crippen LogP contribution in [0.25, 0.3) is 0 Å². The second-order valence-electron chi connectivity index (χ2n) is 3.38. The van der Waals surface area contributed by atoms with Crippen LogP contribution in [0.3, 0.4) is 0 Å². The lowest BCUT2D eigenvalue weighted by molar-refractivity contribution is -0.137. The van der Waals surface area contributed by atoms with Crippen LogP contribution in [0.2, 0.25) is 0 Å². The van der Waals surface area contributed by atoms with Gasteiger partial charge in [0, 0.05) is 11.1 Å². The Morgan fingerprint density at radius 1 is 1.64 bits per heavy atom. The Balaban J connectivity index is 2.69. The van der Waals surface area contributed by atoms with Crippen molar-refractivity contribution in [2.45, 2.75) is 30.4 Å². The van der Waals surface area contributed by atoms with Gasteiger partial charge in [0.1, 0.15) is 5.25 Å². The van der Waals surface area contributed by atoms with Gasteiger partial charge in [0.2, 0.25) is 0 Å². The lowest BCUT2D eigenvalue weighted by Crippen LogP contribution is -2.22. The first-order valence-electron chi connectivity index (χ1n) is 4.32. The summed E-state index contributed by atoms with van der Waals surface area (Å²) in [6.07, 6.45) is 0. The van der Waals surface area contributed by atoms with Gasteiger partial charge in [-0.2, -0.15) is 0 Å². The van der Waals surface area contributed by atoms with Crippen molar-refractivity contribution < 1.29 is 9.90 Å². The van der Waals surface area contributed by atoms with Gasteiger partial charge in [0.15, 0.2) is 4.34 Å². The number of thioether (sulfide) groups is 1. The molecule has 0 aromatic carbocycles. The van der Waals surface area contributed by atoms with Crippen molar-refractivity contribution in [1.82, 2.24) is 4.98 Å². The predicted octanol–water partition coefficient (Wildman–Crippen LogP) is 2.65. The maximum atomic E-state index is 10.9. The number of hydrogen-bond acceptors (Lipinski definition) is 4. The van der Waals surface area contributed by atoms with Crippen molar-refractivity contribution in [1.29, 1.82) is 0 Å². The summed E-state index contributed by atoms with van der Waals surface area (Å²) in [7, 11) is 0. The third-order valence-corrected chi connectivity index (χ3v) is 4.30. The first-order valence-corrected chi connectivity index (χ1v) is 6.08. The molecular weight excluding hydrogens is 218 g/mol. The Labute approximate surface area is 91.6 Å². The third-order valence-electron chi connectivity index (χ3n) is 1.67. The molecule has 3 nitrogen and oxygen atoms in total. The van der Waals surface area contributed by atoms with Crippen LogP contribution >= 0.6 is 23.1 Å². The van der Waals surface area contributed by atoms with E-state index in [0.717, 1.165) is 10.0 Å². The Morgan fingerprint density at radius 3 is 2.64 bits per heavy atom. The largest absolute Gasteiger partial charge is 0.480 e. The molecule has 1 rings (SSSR count). The number of carbonyl (C=O) groups is 1. The molecule has 0 fully saturated rings. The van der Waals surface area contributed by atoms with Gasteiger partial charge in [-0.3, -0.25) is 4.79 Å². The lowest BCUT2D eigenvalue weighted by Gasteiger charge is -2.13. The van der Waals surface area contributed by atoms with Gasteiger partial charge in [-0.25, -0.2) is 4.98 Å². The summed E-state index contributed by atoms with van der Waals surface area (Å²) < 4.78 is 0.837. The van der Waals surface area contributed by atoms with Gasteiger partial charge in [-0.1, -0.05) is 25.6 Å². The molecule has 5 heteroatoms. The van der Waals surface area contributed by atoms with Crippen LogP contribution in [0.5, 0.6) is 0 Å². The molecule has 1 atom stereocenters. The molecule has 0 aliphatic carbocycles. The molecule has 78 valence electrons. The number of hydrogen-bond donors (Lipinski definition) is 1. The van der Waals surface area contributed by atoms with Crippen LogP contribution in [0.4, 0.5) is 0 Å². The van der Waals surface area contributed by atoms with E-state index in [1.807, 2.05) is 26.2 Å². The van der Waals surface area contributed by atoms with Crippen molar-refractivity contribution in [3.63, 3.8) is 0 Å². The molecular formula is C9H13NO2S2. The number of carboxylic acid groups (broad SMARTS) is 1. The van der Waals surface area contributed by atoms with Crippen LogP contribution < -0.4 is 0 Å². The van der Waals surface area contributed by atoms with Crippen LogP contribution in [0, 0.1) is 12.8 Å². The molecule has 0 saturated carbocycles. The fourth-order valence-corrected chi connectivity index (χ4v) is 2.95. The molecule has 1 aromatic heterocycles. The highest BCUT2D eigenvalue weighted by Crippen LogP contribution is 2.30. The molecule has 1 heterocycles. The molecule has 14 heavy (non-hydrogen) atoms. The number of aromatic nitrogens is 1. The van der Waals surface area contributed by atoms with E-state index in [9.17, 15) is 4.79 Å². The molecule has 0 aliphatic heterocycles. The van der Waals surface area contributed by atoms with Crippen LogP contribution in [0.15, 0.2) is 9.72 Å².